The van der Waals surface area contributed by atoms with E-state index in [1.807, 2.05) is 30.3 Å². The Kier molecular flexibility index (Phi) is 2.63. The van der Waals surface area contributed by atoms with Crippen molar-refractivity contribution in [3.05, 3.63) is 47.2 Å². The first-order valence-electron chi connectivity index (χ1n) is 6.17. The van der Waals surface area contributed by atoms with Gasteiger partial charge in [0.15, 0.2) is 11.7 Å². The number of nitrogens with one attached hydrogen (secondary N) is 1. The van der Waals surface area contributed by atoms with Crippen LogP contribution < -0.4 is 11.1 Å². The van der Waals surface area contributed by atoms with Crippen molar-refractivity contribution in [1.29, 1.82) is 0 Å². The van der Waals surface area contributed by atoms with Crippen molar-refractivity contribution in [3.63, 3.8) is 0 Å². The molecule has 0 radical (unpaired) electrons. The minimum absolute atomic E-state index is 0.189. The quantitative estimate of drug-likeness (QED) is 0.785. The molecule has 4 nitrogen and oxygen atoms in total. The van der Waals surface area contributed by atoms with Gasteiger partial charge in [0.25, 0.3) is 0 Å². The monoisotopic (exact) mass is 241 g/mol. The summed E-state index contributed by atoms with van der Waals surface area (Å²) < 4.78 is 0. The van der Waals surface area contributed by atoms with E-state index in [1.54, 1.807) is 0 Å². The van der Waals surface area contributed by atoms with Crippen LogP contribution in [0.15, 0.2) is 46.6 Å². The molecule has 0 saturated heterocycles. The van der Waals surface area contributed by atoms with Gasteiger partial charge in [-0.3, -0.25) is 4.79 Å². The van der Waals surface area contributed by atoms with Crippen LogP contribution in [0.4, 0.5) is 0 Å². The number of aliphatic imine (C=N–C) groups is 1. The highest BCUT2D eigenvalue weighted by atomic mass is 16.1. The Balaban J connectivity index is 2.08. The Labute approximate surface area is 106 Å². The molecule has 4 heteroatoms. The maximum Gasteiger partial charge on any atom is 0.193 e. The van der Waals surface area contributed by atoms with Crippen LogP contribution in [0.5, 0.6) is 0 Å². The first-order valence-corrected chi connectivity index (χ1v) is 6.17. The number of hydrogen-bond donors (Lipinski definition) is 2. The summed E-state index contributed by atoms with van der Waals surface area (Å²) in [5.74, 6) is 0.589. The second kappa shape index (κ2) is 4.29. The number of benzene rings is 1. The molecule has 1 aromatic carbocycles. The number of rotatable bonds is 1. The van der Waals surface area contributed by atoms with Crippen LogP contribution >= 0.6 is 0 Å². The lowest BCUT2D eigenvalue weighted by Crippen LogP contribution is -2.39. The number of Topliss-reactive ketones (excluding diaryl/α,β-unsaturated/α-hetero) is 1. The third-order valence-corrected chi connectivity index (χ3v) is 3.39. The van der Waals surface area contributed by atoms with Gasteiger partial charge in [-0.15, -0.1) is 0 Å². The fraction of sp³-hybridized carbons (Fsp3) is 0.286. The van der Waals surface area contributed by atoms with E-state index in [0.29, 0.717) is 12.4 Å². The molecule has 3 N–H and O–H groups in total. The highest BCUT2D eigenvalue weighted by Gasteiger charge is 2.31. The van der Waals surface area contributed by atoms with E-state index in [-0.39, 0.29) is 11.8 Å². The summed E-state index contributed by atoms with van der Waals surface area (Å²) in [6.45, 7) is 0. The summed E-state index contributed by atoms with van der Waals surface area (Å²) in [6.07, 6.45) is 2.37. The minimum atomic E-state index is -0.241. The average Bonchev–Trinajstić information content (AvgIpc) is 2.39. The predicted molar refractivity (Wildman–Crippen MR) is 69.8 cm³/mol. The molecular formula is C14H15N3O. The molecular weight excluding hydrogens is 226 g/mol. The Morgan fingerprint density at radius 3 is 2.78 bits per heavy atom. The number of allylic oxidation sites excluding steroid dienone is 1. The lowest BCUT2D eigenvalue weighted by molar-refractivity contribution is -0.116. The first kappa shape index (κ1) is 11.0. The number of carbonyl (C=O) groups excluding carboxylic acids is 1. The van der Waals surface area contributed by atoms with E-state index in [1.165, 1.54) is 0 Å². The zero-order valence-electron chi connectivity index (χ0n) is 10.0. The predicted octanol–water partition coefficient (Wildman–Crippen LogP) is 1.65. The SMILES string of the molecule is NC1=NC(c2ccccc2)C2=C(CCCC2=O)N1. The zero-order valence-corrected chi connectivity index (χ0v) is 10.0. The summed E-state index contributed by atoms with van der Waals surface area (Å²) in [6, 6.07) is 9.59. The topological polar surface area (TPSA) is 67.5 Å². The molecule has 0 aromatic heterocycles. The Morgan fingerprint density at radius 1 is 1.22 bits per heavy atom. The Hall–Kier alpha value is -2.10. The molecule has 0 spiro atoms. The molecule has 1 aliphatic heterocycles. The lowest BCUT2D eigenvalue weighted by Gasteiger charge is -2.29. The zero-order chi connectivity index (χ0) is 12.5. The molecule has 1 aromatic rings. The van der Waals surface area contributed by atoms with Crippen molar-refractivity contribution < 1.29 is 4.79 Å². The lowest BCUT2D eigenvalue weighted by atomic mass is 9.86. The molecule has 1 aliphatic carbocycles. The third kappa shape index (κ3) is 1.79. The van der Waals surface area contributed by atoms with Crippen LogP contribution in [0.25, 0.3) is 0 Å². The summed E-state index contributed by atoms with van der Waals surface area (Å²) >= 11 is 0. The van der Waals surface area contributed by atoms with Crippen LogP contribution in [-0.2, 0) is 4.79 Å². The van der Waals surface area contributed by atoms with Gasteiger partial charge in [-0.05, 0) is 18.4 Å². The minimum Gasteiger partial charge on any atom is -0.370 e. The molecule has 92 valence electrons. The Bertz CT molecular complexity index is 545. The van der Waals surface area contributed by atoms with E-state index < -0.39 is 0 Å². The number of nitrogens with zero attached hydrogens (tertiary/aromatic N) is 1. The van der Waals surface area contributed by atoms with Crippen LogP contribution in [0.1, 0.15) is 30.9 Å². The van der Waals surface area contributed by atoms with Crippen LogP contribution in [0.3, 0.4) is 0 Å². The van der Waals surface area contributed by atoms with Crippen LogP contribution in [0, 0.1) is 0 Å². The fourth-order valence-electron chi connectivity index (χ4n) is 2.58. The molecule has 2 aliphatic rings. The second-order valence-corrected chi connectivity index (χ2v) is 4.62. The smallest absolute Gasteiger partial charge is 0.193 e. The van der Waals surface area contributed by atoms with Crippen LogP contribution in [0.2, 0.25) is 0 Å². The summed E-state index contributed by atoms with van der Waals surface area (Å²) in [5.41, 5.74) is 8.57. The maximum absolute atomic E-state index is 12.1. The molecule has 1 heterocycles. The molecule has 1 unspecified atom stereocenters. The fourth-order valence-corrected chi connectivity index (χ4v) is 2.58. The average molecular weight is 241 g/mol. The first-order chi connectivity index (χ1) is 8.75. The molecule has 1 atom stereocenters. The molecule has 0 amide bonds. The highest BCUT2D eigenvalue weighted by Crippen LogP contribution is 2.35. The van der Waals surface area contributed by atoms with E-state index in [0.717, 1.165) is 29.7 Å². The summed E-state index contributed by atoms with van der Waals surface area (Å²) in [4.78, 5) is 16.5. The largest absolute Gasteiger partial charge is 0.370 e. The summed E-state index contributed by atoms with van der Waals surface area (Å²) in [5, 5.41) is 3.03. The van der Waals surface area contributed by atoms with Gasteiger partial charge in [0.2, 0.25) is 0 Å². The molecule has 0 fully saturated rings. The molecule has 0 saturated carbocycles. The molecule has 18 heavy (non-hydrogen) atoms. The van der Waals surface area contributed by atoms with Gasteiger partial charge in [0, 0.05) is 17.7 Å². The highest BCUT2D eigenvalue weighted by molar-refractivity contribution is 6.00. The number of hydrogen-bond acceptors (Lipinski definition) is 4. The van der Waals surface area contributed by atoms with Crippen molar-refractivity contribution >= 4 is 11.7 Å². The van der Waals surface area contributed by atoms with Crippen molar-refractivity contribution in [2.24, 2.45) is 10.7 Å². The van der Waals surface area contributed by atoms with Gasteiger partial charge < -0.3 is 11.1 Å². The number of ketones is 1. The van der Waals surface area contributed by atoms with Gasteiger partial charge in [-0.1, -0.05) is 30.3 Å². The normalized spacial score (nSPS) is 23.2. The van der Waals surface area contributed by atoms with Gasteiger partial charge in [-0.2, -0.15) is 0 Å². The van der Waals surface area contributed by atoms with Gasteiger partial charge >= 0.3 is 0 Å². The van der Waals surface area contributed by atoms with Gasteiger partial charge in [0.05, 0.1) is 0 Å². The number of guanidine groups is 1. The van der Waals surface area contributed by atoms with Gasteiger partial charge in [-0.25, -0.2) is 4.99 Å². The summed E-state index contributed by atoms with van der Waals surface area (Å²) in [7, 11) is 0. The van der Waals surface area contributed by atoms with Crippen molar-refractivity contribution in [3.8, 4) is 0 Å². The van der Waals surface area contributed by atoms with E-state index in [9.17, 15) is 4.79 Å². The Morgan fingerprint density at radius 2 is 2.00 bits per heavy atom. The van der Waals surface area contributed by atoms with Crippen molar-refractivity contribution in [2.75, 3.05) is 0 Å². The third-order valence-electron chi connectivity index (χ3n) is 3.39. The van der Waals surface area contributed by atoms with Crippen molar-refractivity contribution in [1.82, 2.24) is 5.32 Å². The van der Waals surface area contributed by atoms with Gasteiger partial charge in [0.1, 0.15) is 6.04 Å². The molecule has 3 rings (SSSR count). The van der Waals surface area contributed by atoms with E-state index in [2.05, 4.69) is 10.3 Å². The maximum atomic E-state index is 12.1. The number of nitrogens with two attached hydrogens (primary N) is 1. The van der Waals surface area contributed by atoms with Crippen molar-refractivity contribution in [2.45, 2.75) is 25.3 Å². The standard InChI is InChI=1S/C14H15N3O/c15-14-16-10-7-4-8-11(18)12(10)13(17-14)9-5-2-1-3-6-9/h1-3,5-6,13H,4,7-8H2,(H3,15,16,17). The van der Waals surface area contributed by atoms with E-state index in [4.69, 9.17) is 5.73 Å². The van der Waals surface area contributed by atoms with Crippen LogP contribution in [-0.4, -0.2) is 11.7 Å². The van der Waals surface area contributed by atoms with E-state index >= 15 is 0 Å². The second-order valence-electron chi connectivity index (χ2n) is 4.62. The number of carbonyl (C=O) groups is 1. The molecule has 0 bridgehead atoms.